The highest BCUT2D eigenvalue weighted by atomic mass is 16.3. The zero-order valence-electron chi connectivity index (χ0n) is 10.8. The lowest BCUT2D eigenvalue weighted by Crippen LogP contribution is -2.39. The van der Waals surface area contributed by atoms with Crippen LogP contribution in [0.25, 0.3) is 0 Å². The van der Waals surface area contributed by atoms with Gasteiger partial charge in [0.05, 0.1) is 11.8 Å². The van der Waals surface area contributed by atoms with E-state index in [1.54, 1.807) is 0 Å². The maximum Gasteiger partial charge on any atom is 0.0928 e. The third-order valence-electron chi connectivity index (χ3n) is 3.80. The molecule has 0 saturated heterocycles. The summed E-state index contributed by atoms with van der Waals surface area (Å²) >= 11 is 0. The van der Waals surface area contributed by atoms with Crippen LogP contribution >= 0.6 is 0 Å². The number of hydrogen-bond donors (Lipinski definition) is 2. The first-order valence-corrected chi connectivity index (χ1v) is 6.66. The van der Waals surface area contributed by atoms with Gasteiger partial charge in [-0.25, -0.2) is 0 Å². The summed E-state index contributed by atoms with van der Waals surface area (Å²) in [6.45, 7) is 6.06. The van der Waals surface area contributed by atoms with Gasteiger partial charge in [-0.3, -0.25) is 4.68 Å². The second kappa shape index (κ2) is 5.19. The summed E-state index contributed by atoms with van der Waals surface area (Å²) in [5, 5.41) is 18.4. The molecule has 1 saturated carbocycles. The zero-order valence-corrected chi connectivity index (χ0v) is 10.8. The van der Waals surface area contributed by atoms with E-state index in [1.165, 1.54) is 0 Å². The molecule has 2 N–H and O–H groups in total. The first kappa shape index (κ1) is 12.6. The Labute approximate surface area is 103 Å². The zero-order chi connectivity index (χ0) is 12.3. The van der Waals surface area contributed by atoms with Crippen molar-refractivity contribution in [3.63, 3.8) is 0 Å². The molecule has 1 heterocycles. The van der Waals surface area contributed by atoms with Crippen molar-refractivity contribution in [1.82, 2.24) is 15.1 Å². The Morgan fingerprint density at radius 2 is 2.18 bits per heavy atom. The van der Waals surface area contributed by atoms with Gasteiger partial charge in [0.15, 0.2) is 0 Å². The van der Waals surface area contributed by atoms with Crippen LogP contribution in [0.3, 0.4) is 0 Å². The Bertz CT molecular complexity index is 353. The number of nitrogens with zero attached hydrogens (tertiary/aromatic N) is 2. The summed E-state index contributed by atoms with van der Waals surface area (Å²) in [6.07, 6.45) is 7.55. The van der Waals surface area contributed by atoms with Crippen LogP contribution in [0.5, 0.6) is 0 Å². The Morgan fingerprint density at radius 1 is 1.47 bits per heavy atom. The van der Waals surface area contributed by atoms with E-state index in [0.29, 0.717) is 6.04 Å². The van der Waals surface area contributed by atoms with Crippen LogP contribution in [0.4, 0.5) is 0 Å². The van der Waals surface area contributed by atoms with Crippen molar-refractivity contribution >= 4 is 0 Å². The smallest absolute Gasteiger partial charge is 0.0928 e. The van der Waals surface area contributed by atoms with Crippen LogP contribution in [0, 0.1) is 0 Å². The van der Waals surface area contributed by atoms with Gasteiger partial charge in [-0.2, -0.15) is 5.10 Å². The van der Waals surface area contributed by atoms with Crippen molar-refractivity contribution in [1.29, 1.82) is 0 Å². The lowest BCUT2D eigenvalue weighted by Gasteiger charge is -2.35. The molecule has 1 aromatic heterocycles. The highest BCUT2D eigenvalue weighted by Crippen LogP contribution is 2.36. The van der Waals surface area contributed by atoms with Gasteiger partial charge in [0, 0.05) is 24.3 Å². The summed E-state index contributed by atoms with van der Waals surface area (Å²) in [4.78, 5) is 0. The third kappa shape index (κ3) is 2.69. The van der Waals surface area contributed by atoms with Crippen LogP contribution in [0.1, 0.15) is 45.1 Å². The fourth-order valence-electron chi connectivity index (χ4n) is 2.65. The average molecular weight is 237 g/mol. The Morgan fingerprint density at radius 3 is 2.71 bits per heavy atom. The second-order valence-corrected chi connectivity index (χ2v) is 4.95. The van der Waals surface area contributed by atoms with Crippen LogP contribution in [0.15, 0.2) is 12.4 Å². The highest BCUT2D eigenvalue weighted by Gasteiger charge is 2.35. The summed E-state index contributed by atoms with van der Waals surface area (Å²) < 4.78 is 1.88. The van der Waals surface area contributed by atoms with Gasteiger partial charge in [0.25, 0.3) is 0 Å². The Kier molecular flexibility index (Phi) is 3.84. The molecule has 1 fully saturated rings. The standard InChI is InChI=1S/C13H23N3O/c1-3-14-12-5-7-13(17,8-6-12)11-9-15-16(4-2)10-11/h9-10,12,14,17H,3-8H2,1-2H3. The fourth-order valence-corrected chi connectivity index (χ4v) is 2.65. The van der Waals surface area contributed by atoms with Crippen molar-refractivity contribution in [2.24, 2.45) is 0 Å². The van der Waals surface area contributed by atoms with E-state index < -0.39 is 5.60 Å². The van der Waals surface area contributed by atoms with Crippen LogP contribution in [-0.2, 0) is 12.1 Å². The molecule has 0 spiro atoms. The van der Waals surface area contributed by atoms with Crippen molar-refractivity contribution in [3.05, 3.63) is 18.0 Å². The first-order chi connectivity index (χ1) is 8.18. The predicted octanol–water partition coefficient (Wildman–Crippen LogP) is 1.64. The number of nitrogens with one attached hydrogen (secondary N) is 1. The van der Waals surface area contributed by atoms with E-state index >= 15 is 0 Å². The SMILES string of the molecule is CCNC1CCC(O)(c2cnn(CC)c2)CC1. The molecular weight excluding hydrogens is 214 g/mol. The first-order valence-electron chi connectivity index (χ1n) is 6.66. The summed E-state index contributed by atoms with van der Waals surface area (Å²) in [7, 11) is 0. The molecule has 4 nitrogen and oxygen atoms in total. The monoisotopic (exact) mass is 237 g/mol. The number of aliphatic hydroxyl groups is 1. The lowest BCUT2D eigenvalue weighted by atomic mass is 9.79. The molecule has 2 rings (SSSR count). The van der Waals surface area contributed by atoms with Gasteiger partial charge < -0.3 is 10.4 Å². The molecule has 0 unspecified atom stereocenters. The average Bonchev–Trinajstić information content (AvgIpc) is 2.82. The largest absolute Gasteiger partial charge is 0.385 e. The van der Waals surface area contributed by atoms with Crippen molar-refractivity contribution < 1.29 is 5.11 Å². The number of hydrogen-bond acceptors (Lipinski definition) is 3. The molecule has 0 radical (unpaired) electrons. The molecule has 4 heteroatoms. The van der Waals surface area contributed by atoms with E-state index in [0.717, 1.165) is 44.3 Å². The van der Waals surface area contributed by atoms with E-state index in [4.69, 9.17) is 0 Å². The minimum atomic E-state index is -0.653. The lowest BCUT2D eigenvalue weighted by molar-refractivity contribution is -0.00822. The van der Waals surface area contributed by atoms with Gasteiger partial charge in [-0.15, -0.1) is 0 Å². The third-order valence-corrected chi connectivity index (χ3v) is 3.80. The summed E-state index contributed by atoms with van der Waals surface area (Å²) in [6, 6.07) is 0.571. The minimum Gasteiger partial charge on any atom is -0.385 e. The Hall–Kier alpha value is -0.870. The molecule has 17 heavy (non-hydrogen) atoms. The van der Waals surface area contributed by atoms with Crippen molar-refractivity contribution in [3.8, 4) is 0 Å². The highest BCUT2D eigenvalue weighted by molar-refractivity contribution is 5.16. The normalized spacial score (nSPS) is 29.5. The fraction of sp³-hybridized carbons (Fsp3) is 0.769. The molecule has 0 bridgehead atoms. The number of rotatable bonds is 4. The minimum absolute atomic E-state index is 0.571. The van der Waals surface area contributed by atoms with Crippen molar-refractivity contribution in [2.75, 3.05) is 6.54 Å². The number of aryl methyl sites for hydroxylation is 1. The summed E-state index contributed by atoms with van der Waals surface area (Å²) in [5.41, 5.74) is 0.327. The molecule has 0 atom stereocenters. The molecule has 0 amide bonds. The van der Waals surface area contributed by atoms with Gasteiger partial charge in [-0.1, -0.05) is 6.92 Å². The van der Waals surface area contributed by atoms with Gasteiger partial charge in [0.2, 0.25) is 0 Å². The molecule has 1 aliphatic rings. The maximum absolute atomic E-state index is 10.7. The topological polar surface area (TPSA) is 50.1 Å². The predicted molar refractivity (Wildman–Crippen MR) is 67.7 cm³/mol. The Balaban J connectivity index is 2.01. The molecule has 96 valence electrons. The van der Waals surface area contributed by atoms with E-state index in [2.05, 4.69) is 24.3 Å². The quantitative estimate of drug-likeness (QED) is 0.837. The van der Waals surface area contributed by atoms with Gasteiger partial charge in [0.1, 0.15) is 0 Å². The van der Waals surface area contributed by atoms with Gasteiger partial charge >= 0.3 is 0 Å². The summed E-state index contributed by atoms with van der Waals surface area (Å²) in [5.74, 6) is 0. The van der Waals surface area contributed by atoms with Crippen molar-refractivity contribution in [2.45, 2.75) is 57.7 Å². The van der Waals surface area contributed by atoms with E-state index in [1.807, 2.05) is 17.1 Å². The van der Waals surface area contributed by atoms with E-state index in [-0.39, 0.29) is 0 Å². The molecular formula is C13H23N3O. The maximum atomic E-state index is 10.7. The van der Waals surface area contributed by atoms with Crippen LogP contribution in [0.2, 0.25) is 0 Å². The number of aromatic nitrogens is 2. The molecule has 1 aliphatic carbocycles. The van der Waals surface area contributed by atoms with Crippen LogP contribution < -0.4 is 5.32 Å². The van der Waals surface area contributed by atoms with Crippen LogP contribution in [-0.4, -0.2) is 27.5 Å². The molecule has 0 aliphatic heterocycles. The molecule has 1 aromatic rings. The molecule has 0 aromatic carbocycles. The van der Waals surface area contributed by atoms with Gasteiger partial charge in [-0.05, 0) is 39.2 Å². The van der Waals surface area contributed by atoms with E-state index in [9.17, 15) is 5.11 Å². The second-order valence-electron chi connectivity index (χ2n) is 4.95.